The average Bonchev–Trinajstić information content (AvgIpc) is 3.70. The second-order valence-electron chi connectivity index (χ2n) is 19.4. The number of hydrogen-bond donors (Lipinski definition) is 0. The molecule has 6 aromatic carbocycles. The van der Waals surface area contributed by atoms with Crippen molar-refractivity contribution in [1.29, 1.82) is 0 Å². The van der Waals surface area contributed by atoms with Gasteiger partial charge in [0.2, 0.25) is 11.4 Å². The number of pyridine rings is 1. The molecule has 0 saturated carbocycles. The van der Waals surface area contributed by atoms with Crippen molar-refractivity contribution in [3.05, 3.63) is 175 Å². The number of fused-ring (bicyclic) bond motifs is 7. The minimum absolute atomic E-state index is 0. The van der Waals surface area contributed by atoms with E-state index < -0.39 is 0 Å². The minimum atomic E-state index is -0.142. The zero-order valence-corrected chi connectivity index (χ0v) is 38.1. The summed E-state index contributed by atoms with van der Waals surface area (Å²) < 4.78 is 10.2. The van der Waals surface area contributed by atoms with E-state index in [1.165, 1.54) is 44.9 Å². The van der Waals surface area contributed by atoms with E-state index >= 15 is 0 Å². The molecule has 60 heavy (non-hydrogen) atoms. The molecule has 1 saturated heterocycles. The first-order valence-electron chi connectivity index (χ1n) is 20.7. The first-order valence-corrected chi connectivity index (χ1v) is 20.7. The molecule has 304 valence electrons. The zero-order valence-electron chi connectivity index (χ0n) is 35.9. The molecule has 2 aromatic heterocycles. The Kier molecular flexibility index (Phi) is 9.26. The normalized spacial score (nSPS) is 18.4. The van der Waals surface area contributed by atoms with E-state index in [-0.39, 0.29) is 37.3 Å². The van der Waals surface area contributed by atoms with Crippen LogP contribution in [0, 0.1) is 18.8 Å². The van der Waals surface area contributed by atoms with Gasteiger partial charge in [-0.05, 0) is 68.2 Å². The van der Waals surface area contributed by atoms with Crippen molar-refractivity contribution in [3.8, 4) is 28.4 Å². The maximum atomic E-state index is 6.89. The van der Waals surface area contributed by atoms with Crippen molar-refractivity contribution in [2.75, 3.05) is 0 Å². The number of hydrogen-bond acceptors (Lipinski definition) is 2. The largest absolute Gasteiger partial charge is 0.509 e. The molecule has 6 heteroatoms. The number of para-hydroxylation sites is 3. The van der Waals surface area contributed by atoms with E-state index in [0.717, 1.165) is 33.3 Å². The van der Waals surface area contributed by atoms with Gasteiger partial charge in [0, 0.05) is 68.5 Å². The maximum absolute atomic E-state index is 6.89. The summed E-state index contributed by atoms with van der Waals surface area (Å²) in [5.41, 5.74) is 12.9. The van der Waals surface area contributed by atoms with Gasteiger partial charge < -0.3 is 9.30 Å². The Hall–Kier alpha value is -5.32. The number of quaternary nitrogens is 2. The molecule has 0 bridgehead atoms. The average molecular weight is 967 g/mol. The molecular formula is C54H51N4OPt-. The fraction of sp³-hybridized carbons (Fsp3) is 0.222. The van der Waals surface area contributed by atoms with Gasteiger partial charge in [0.1, 0.15) is 5.82 Å². The molecule has 0 aliphatic carbocycles. The van der Waals surface area contributed by atoms with Gasteiger partial charge in [-0.2, -0.15) is 10.7 Å². The molecule has 0 radical (unpaired) electrons. The summed E-state index contributed by atoms with van der Waals surface area (Å²) >= 11 is 0. The van der Waals surface area contributed by atoms with Gasteiger partial charge in [0.15, 0.2) is 12.4 Å². The third-order valence-corrected chi connectivity index (χ3v) is 12.4. The van der Waals surface area contributed by atoms with Crippen molar-refractivity contribution in [3.63, 3.8) is 0 Å². The third kappa shape index (κ3) is 6.12. The van der Waals surface area contributed by atoms with Gasteiger partial charge in [-0.25, -0.2) is 9.58 Å². The molecule has 2 aliphatic rings. The van der Waals surface area contributed by atoms with Crippen molar-refractivity contribution in [2.24, 2.45) is 0 Å². The zero-order chi connectivity index (χ0) is 41.1. The predicted octanol–water partition coefficient (Wildman–Crippen LogP) is 14.5. The molecule has 8 aromatic rings. The first-order chi connectivity index (χ1) is 28.1. The van der Waals surface area contributed by atoms with Crippen LogP contribution < -0.4 is 13.9 Å². The summed E-state index contributed by atoms with van der Waals surface area (Å²) in [7, 11) is 0. The first kappa shape index (κ1) is 40.1. The number of benzene rings is 6. The van der Waals surface area contributed by atoms with Gasteiger partial charge >= 0.3 is 0 Å². The van der Waals surface area contributed by atoms with Crippen LogP contribution in [-0.4, -0.2) is 9.55 Å². The second kappa shape index (κ2) is 13.9. The fourth-order valence-corrected chi connectivity index (χ4v) is 9.16. The molecule has 5 nitrogen and oxygen atoms in total. The van der Waals surface area contributed by atoms with Crippen LogP contribution in [0.5, 0.6) is 11.5 Å². The van der Waals surface area contributed by atoms with Gasteiger partial charge in [-0.3, -0.25) is 0 Å². The second-order valence-corrected chi connectivity index (χ2v) is 19.4. The van der Waals surface area contributed by atoms with E-state index in [4.69, 9.17) is 9.72 Å². The van der Waals surface area contributed by atoms with Crippen LogP contribution in [0.15, 0.2) is 140 Å². The summed E-state index contributed by atoms with van der Waals surface area (Å²) in [4.78, 5) is 4.88. The van der Waals surface area contributed by atoms with Crippen LogP contribution in [-0.2, 0) is 37.3 Å². The van der Waals surface area contributed by atoms with Gasteiger partial charge in [-0.15, -0.1) is 35.2 Å². The van der Waals surface area contributed by atoms with Crippen molar-refractivity contribution >= 4 is 44.6 Å². The topological polar surface area (TPSA) is 27.1 Å². The van der Waals surface area contributed by atoms with Crippen LogP contribution in [0.4, 0.5) is 22.7 Å². The van der Waals surface area contributed by atoms with E-state index in [2.05, 4.69) is 213 Å². The minimum Gasteiger partial charge on any atom is -0.509 e. The molecule has 0 spiro atoms. The Bertz CT molecular complexity index is 2960. The Morgan fingerprint density at radius 3 is 1.98 bits per heavy atom. The van der Waals surface area contributed by atoms with Crippen molar-refractivity contribution in [2.45, 2.75) is 78.6 Å². The van der Waals surface area contributed by atoms with Crippen LogP contribution >= 0.6 is 0 Å². The quantitative estimate of drug-likeness (QED) is 0.0943. The number of ether oxygens (including phenoxy) is 1. The Balaban J connectivity index is 0.00000462. The monoisotopic (exact) mass is 966 g/mol. The summed E-state index contributed by atoms with van der Waals surface area (Å²) in [5.74, 6) is 2.17. The molecule has 0 N–H and O–H groups in total. The molecule has 4 heterocycles. The van der Waals surface area contributed by atoms with E-state index in [0.29, 0.717) is 20.7 Å². The number of rotatable bonds is 6. The van der Waals surface area contributed by atoms with Crippen LogP contribution in [0.3, 0.4) is 0 Å². The summed E-state index contributed by atoms with van der Waals surface area (Å²) in [6, 6.07) is 55.7. The van der Waals surface area contributed by atoms with Crippen molar-refractivity contribution in [1.82, 2.24) is 18.7 Å². The molecule has 1 fully saturated rings. The number of aromatic nitrogens is 2. The van der Waals surface area contributed by atoms with Crippen LogP contribution in [0.2, 0.25) is 0 Å². The Morgan fingerprint density at radius 2 is 1.27 bits per heavy atom. The molecule has 2 atom stereocenters. The SMILES string of the molecule is CC(C)(C)c1cc(Oc2[c-]c3c(cc2)c2ccccc2n3-c2cc(C(C)(C)C)ccn2)[c-]c([N+]23[CH-][N@+]2(c2ccc(-c4ccccc4)c(C(C)(C)C)c2)c2ccccc23)c1.[Pt]. The molecule has 2 aliphatic heterocycles. The standard InChI is InChI=1S/C54H51N4O.Pt/c1-52(2,3)37-27-28-55-51(31-37)56-47-20-14-13-19-44(47)45-26-24-41(34-48(45)56)59-42-30-38(53(4,5)6)29-40(32-42)58-35-57(58,49-21-15-16-22-50(49)58)39-23-25-43(36-17-11-10-12-18-36)46(33-39)54(7,8)9;/h10-31,33,35H,1-9H3;/q-1;/t57-,58?;/m0./s1. The van der Waals surface area contributed by atoms with Gasteiger partial charge in [-0.1, -0.05) is 135 Å². The van der Waals surface area contributed by atoms with Crippen LogP contribution in [0.1, 0.15) is 79.0 Å². The third-order valence-electron chi connectivity index (χ3n) is 12.4. The predicted molar refractivity (Wildman–Crippen MR) is 244 cm³/mol. The molecule has 0 amide bonds. The summed E-state index contributed by atoms with van der Waals surface area (Å²) in [6.07, 6.45) is 1.91. The van der Waals surface area contributed by atoms with Crippen LogP contribution in [0.25, 0.3) is 38.8 Å². The summed E-state index contributed by atoms with van der Waals surface area (Å²) in [6.45, 7) is 22.9. The Morgan fingerprint density at radius 1 is 0.583 bits per heavy atom. The smallest absolute Gasteiger partial charge is 0.225 e. The number of nitrogens with zero attached hydrogens (tertiary/aromatic N) is 4. The van der Waals surface area contributed by atoms with E-state index in [1.54, 1.807) is 0 Å². The summed E-state index contributed by atoms with van der Waals surface area (Å²) in [5, 5.41) is 2.26. The fourth-order valence-electron chi connectivity index (χ4n) is 9.16. The van der Waals surface area contributed by atoms with E-state index in [9.17, 15) is 0 Å². The van der Waals surface area contributed by atoms with E-state index in [1.807, 2.05) is 12.3 Å². The maximum Gasteiger partial charge on any atom is 0.225 e. The van der Waals surface area contributed by atoms with Crippen molar-refractivity contribution < 1.29 is 25.8 Å². The molecule has 1 unspecified atom stereocenters. The van der Waals surface area contributed by atoms with Gasteiger partial charge in [0.05, 0.1) is 5.69 Å². The molecule has 10 rings (SSSR count). The molecular weight excluding hydrogens is 916 g/mol. The Labute approximate surface area is 369 Å². The van der Waals surface area contributed by atoms with Gasteiger partial charge in [0.25, 0.3) is 0 Å².